The average molecular weight is 145 g/mol. The molecule has 0 amide bonds. The summed E-state index contributed by atoms with van der Waals surface area (Å²) < 4.78 is 0. The first-order valence-corrected chi connectivity index (χ1v) is 3.13. The molecular weight excluding hydrogens is 140 g/mol. The highest BCUT2D eigenvalue weighted by molar-refractivity contribution is 5.67. The molecule has 2 rings (SSSR count). The van der Waals surface area contributed by atoms with Crippen LogP contribution in [0.25, 0.3) is 11.2 Å². The molecule has 0 atom stereocenters. The van der Waals surface area contributed by atoms with Crippen LogP contribution < -0.4 is 5.49 Å². The Kier molecular flexibility index (Phi) is 1.18. The topological polar surface area (TPSA) is 65.4 Å². The second-order valence-electron chi connectivity index (χ2n) is 2.09. The first-order chi connectivity index (χ1) is 5.36. The maximum Gasteiger partial charge on any atom is 0.157 e. The Labute approximate surface area is 62.5 Å². The number of rotatable bonds is 0. The molecule has 0 aliphatic carbocycles. The third kappa shape index (κ3) is 0.980. The van der Waals surface area contributed by atoms with E-state index in [1.807, 2.05) is 6.07 Å². The van der Waals surface area contributed by atoms with Crippen LogP contribution in [0, 0.1) is 11.6 Å². The molecule has 0 aromatic carbocycles. The third-order valence-corrected chi connectivity index (χ3v) is 1.32. The lowest BCUT2D eigenvalue weighted by Gasteiger charge is -1.91. The van der Waals surface area contributed by atoms with Crippen molar-refractivity contribution < 1.29 is 0 Å². The molecule has 0 spiro atoms. The summed E-state index contributed by atoms with van der Waals surface area (Å²) in [6.45, 7) is 0. The largest absolute Gasteiger partial charge is 0.322 e. The molecule has 2 aromatic heterocycles. The predicted octanol–water partition coefficient (Wildman–Crippen LogP) is 0.238. The smallest absolute Gasteiger partial charge is 0.157 e. The Morgan fingerprint density at radius 2 is 2.45 bits per heavy atom. The molecule has 0 aliphatic heterocycles. The monoisotopic (exact) mass is 145 g/mol. The van der Waals surface area contributed by atoms with Crippen LogP contribution in [0.3, 0.4) is 0 Å². The highest BCUT2D eigenvalue weighted by atomic mass is 14.9. The van der Waals surface area contributed by atoms with Crippen LogP contribution >= 0.6 is 0 Å². The zero-order valence-electron chi connectivity index (χ0n) is 5.63. The van der Waals surface area contributed by atoms with Gasteiger partial charge in [-0.3, -0.25) is 5.41 Å². The zero-order valence-corrected chi connectivity index (χ0v) is 5.63. The second kappa shape index (κ2) is 2.16. The van der Waals surface area contributed by atoms with Gasteiger partial charge in [0.05, 0.1) is 0 Å². The van der Waals surface area contributed by atoms with Gasteiger partial charge in [-0.25, -0.2) is 9.97 Å². The van der Waals surface area contributed by atoms with Crippen LogP contribution in [0.2, 0.25) is 0 Å². The lowest BCUT2D eigenvalue weighted by Crippen LogP contribution is -2.06. The van der Waals surface area contributed by atoms with E-state index in [9.17, 15) is 0 Å². The van der Waals surface area contributed by atoms with Gasteiger partial charge in [-0.1, -0.05) is 0 Å². The van der Waals surface area contributed by atoms with Gasteiger partial charge in [-0.2, -0.15) is 0 Å². The lowest BCUT2D eigenvalue weighted by atomic mass is 10.4. The number of H-pyrrole nitrogens is 1. The minimum Gasteiger partial charge on any atom is -0.322 e. The van der Waals surface area contributed by atoms with Crippen LogP contribution in [0.15, 0.2) is 18.3 Å². The van der Waals surface area contributed by atoms with Crippen molar-refractivity contribution in [3.05, 3.63) is 30.0 Å². The van der Waals surface area contributed by atoms with Crippen molar-refractivity contribution in [1.29, 1.82) is 5.41 Å². The standard InChI is InChI=1S/C7H5N4/c8-6-4-10-5-2-1-3-9-7(5)11-6/h1-3H,(H2,8,9,11). The molecular formula is C7H5N4. The highest BCUT2D eigenvalue weighted by Gasteiger charge is 1.91. The Balaban J connectivity index is 2.94. The van der Waals surface area contributed by atoms with Crippen LogP contribution in [-0.4, -0.2) is 15.0 Å². The number of pyridine rings is 1. The number of aromatic nitrogens is 3. The van der Waals surface area contributed by atoms with Crippen molar-refractivity contribution in [2.45, 2.75) is 0 Å². The first kappa shape index (κ1) is 6.03. The van der Waals surface area contributed by atoms with E-state index in [1.54, 1.807) is 12.3 Å². The minimum absolute atomic E-state index is 0.149. The Hall–Kier alpha value is -1.71. The number of aromatic amines is 1. The van der Waals surface area contributed by atoms with E-state index < -0.39 is 0 Å². The van der Waals surface area contributed by atoms with E-state index in [2.05, 4.69) is 21.1 Å². The highest BCUT2D eigenvalue weighted by Crippen LogP contribution is 1.98. The molecule has 4 nitrogen and oxygen atoms in total. The summed E-state index contributed by atoms with van der Waals surface area (Å²) >= 11 is 0. The fourth-order valence-corrected chi connectivity index (χ4v) is 0.846. The molecule has 0 unspecified atom stereocenters. The van der Waals surface area contributed by atoms with Crippen LogP contribution in [0.5, 0.6) is 0 Å². The summed E-state index contributed by atoms with van der Waals surface area (Å²) in [5.41, 5.74) is 1.50. The van der Waals surface area contributed by atoms with Gasteiger partial charge in [0, 0.05) is 6.20 Å². The lowest BCUT2D eigenvalue weighted by molar-refractivity contribution is 1.06. The zero-order chi connectivity index (χ0) is 7.68. The van der Waals surface area contributed by atoms with Crippen LogP contribution in [-0.2, 0) is 0 Å². The quantitative estimate of drug-likeness (QED) is 0.557. The maximum absolute atomic E-state index is 7.16. The molecule has 2 heterocycles. The SMILES string of the molecule is N=c1[c]nc2cccnc2[nH]1. The first-order valence-electron chi connectivity index (χ1n) is 3.13. The van der Waals surface area contributed by atoms with E-state index in [0.717, 1.165) is 5.52 Å². The molecule has 0 saturated carbocycles. The summed E-state index contributed by atoms with van der Waals surface area (Å²) in [6.07, 6.45) is 4.15. The van der Waals surface area contributed by atoms with Gasteiger partial charge in [-0.05, 0) is 12.1 Å². The van der Waals surface area contributed by atoms with Crippen LogP contribution in [0.4, 0.5) is 0 Å². The molecule has 0 aliphatic rings. The fraction of sp³-hybridized carbons (Fsp3) is 0. The third-order valence-electron chi connectivity index (χ3n) is 1.32. The number of nitrogens with zero attached hydrogens (tertiary/aromatic N) is 2. The van der Waals surface area contributed by atoms with Crippen molar-refractivity contribution in [2.75, 3.05) is 0 Å². The van der Waals surface area contributed by atoms with E-state index in [1.165, 1.54) is 0 Å². The minimum atomic E-state index is 0.149. The van der Waals surface area contributed by atoms with Gasteiger partial charge in [0.25, 0.3) is 0 Å². The Bertz CT molecular complexity index is 431. The van der Waals surface area contributed by atoms with E-state index in [0.29, 0.717) is 5.65 Å². The Morgan fingerprint density at radius 1 is 1.55 bits per heavy atom. The van der Waals surface area contributed by atoms with Gasteiger partial charge in [0.2, 0.25) is 0 Å². The van der Waals surface area contributed by atoms with Gasteiger partial charge < -0.3 is 4.98 Å². The van der Waals surface area contributed by atoms with E-state index in [-0.39, 0.29) is 5.49 Å². The van der Waals surface area contributed by atoms with E-state index in [4.69, 9.17) is 5.41 Å². The van der Waals surface area contributed by atoms with Crippen LogP contribution in [0.1, 0.15) is 0 Å². The van der Waals surface area contributed by atoms with Crippen molar-refractivity contribution in [1.82, 2.24) is 15.0 Å². The molecule has 4 heteroatoms. The summed E-state index contributed by atoms with van der Waals surface area (Å²) in [6, 6.07) is 3.61. The fourth-order valence-electron chi connectivity index (χ4n) is 0.846. The number of fused-ring (bicyclic) bond motifs is 1. The second-order valence-corrected chi connectivity index (χ2v) is 2.09. The molecule has 0 saturated heterocycles. The molecule has 0 bridgehead atoms. The summed E-state index contributed by atoms with van der Waals surface area (Å²) in [5.74, 6) is 0. The molecule has 2 N–H and O–H groups in total. The molecule has 0 fully saturated rings. The summed E-state index contributed by atoms with van der Waals surface area (Å²) in [5, 5.41) is 7.16. The van der Waals surface area contributed by atoms with E-state index >= 15 is 0 Å². The van der Waals surface area contributed by atoms with Gasteiger partial charge >= 0.3 is 0 Å². The van der Waals surface area contributed by atoms with Gasteiger partial charge in [-0.15, -0.1) is 0 Å². The van der Waals surface area contributed by atoms with Crippen molar-refractivity contribution >= 4 is 11.2 Å². The number of hydrogen-bond acceptors (Lipinski definition) is 3. The normalized spacial score (nSPS) is 10.2. The number of nitrogens with one attached hydrogen (secondary N) is 2. The van der Waals surface area contributed by atoms with Crippen molar-refractivity contribution in [3.63, 3.8) is 0 Å². The summed E-state index contributed by atoms with van der Waals surface area (Å²) in [7, 11) is 0. The molecule has 53 valence electrons. The number of hydrogen-bond donors (Lipinski definition) is 2. The molecule has 11 heavy (non-hydrogen) atoms. The average Bonchev–Trinajstić information content (AvgIpc) is 2.04. The van der Waals surface area contributed by atoms with Crippen molar-refractivity contribution in [3.8, 4) is 0 Å². The van der Waals surface area contributed by atoms with Gasteiger partial charge in [0.15, 0.2) is 11.1 Å². The maximum atomic E-state index is 7.16. The predicted molar refractivity (Wildman–Crippen MR) is 38.6 cm³/mol. The Morgan fingerprint density at radius 3 is 3.36 bits per heavy atom. The summed E-state index contributed by atoms with van der Waals surface area (Å²) in [4.78, 5) is 10.6. The van der Waals surface area contributed by atoms with Gasteiger partial charge in [0.1, 0.15) is 11.7 Å². The molecule has 2 aromatic rings. The van der Waals surface area contributed by atoms with Crippen molar-refractivity contribution in [2.24, 2.45) is 0 Å². The molecule has 1 radical (unpaired) electrons.